The van der Waals surface area contributed by atoms with Crippen molar-refractivity contribution in [3.8, 4) is 5.75 Å². The summed E-state index contributed by atoms with van der Waals surface area (Å²) < 4.78 is 22.9. The SMILES string of the molecule is COC(=O)c1cc(F)c(CBr)c(OC)c1. The van der Waals surface area contributed by atoms with E-state index in [0.717, 1.165) is 6.07 Å². The molecule has 0 N–H and O–H groups in total. The third-order valence-electron chi connectivity index (χ3n) is 1.93. The molecule has 0 radical (unpaired) electrons. The third-order valence-corrected chi connectivity index (χ3v) is 2.49. The smallest absolute Gasteiger partial charge is 0.338 e. The molecule has 0 aromatic heterocycles. The summed E-state index contributed by atoms with van der Waals surface area (Å²) in [5.41, 5.74) is 0.515. The zero-order valence-electron chi connectivity index (χ0n) is 8.34. The van der Waals surface area contributed by atoms with Gasteiger partial charge < -0.3 is 9.47 Å². The lowest BCUT2D eigenvalue weighted by atomic mass is 10.1. The lowest BCUT2D eigenvalue weighted by Gasteiger charge is -2.09. The van der Waals surface area contributed by atoms with E-state index in [4.69, 9.17) is 4.74 Å². The van der Waals surface area contributed by atoms with Gasteiger partial charge in [-0.15, -0.1) is 0 Å². The van der Waals surface area contributed by atoms with Crippen molar-refractivity contribution in [3.05, 3.63) is 29.1 Å². The maximum Gasteiger partial charge on any atom is 0.338 e. The van der Waals surface area contributed by atoms with Crippen LogP contribution in [0.4, 0.5) is 4.39 Å². The van der Waals surface area contributed by atoms with Crippen molar-refractivity contribution in [2.45, 2.75) is 5.33 Å². The first-order valence-electron chi connectivity index (χ1n) is 4.14. The first-order valence-corrected chi connectivity index (χ1v) is 5.26. The van der Waals surface area contributed by atoms with Gasteiger partial charge in [-0.05, 0) is 12.1 Å². The van der Waals surface area contributed by atoms with Gasteiger partial charge in [0.1, 0.15) is 11.6 Å². The van der Waals surface area contributed by atoms with Gasteiger partial charge in [0, 0.05) is 10.9 Å². The van der Waals surface area contributed by atoms with Crippen molar-refractivity contribution in [2.75, 3.05) is 14.2 Å². The second-order valence-corrected chi connectivity index (χ2v) is 3.32. The number of benzene rings is 1. The van der Waals surface area contributed by atoms with E-state index in [1.807, 2.05) is 0 Å². The maximum absolute atomic E-state index is 13.5. The molecule has 0 saturated carbocycles. The van der Waals surface area contributed by atoms with Crippen molar-refractivity contribution in [3.63, 3.8) is 0 Å². The van der Waals surface area contributed by atoms with E-state index in [2.05, 4.69) is 20.7 Å². The number of methoxy groups -OCH3 is 2. The molecule has 0 saturated heterocycles. The number of ether oxygens (including phenoxy) is 2. The fourth-order valence-electron chi connectivity index (χ4n) is 1.16. The van der Waals surface area contributed by atoms with Gasteiger partial charge in [-0.2, -0.15) is 0 Å². The highest BCUT2D eigenvalue weighted by atomic mass is 79.9. The Hall–Kier alpha value is -1.10. The summed E-state index contributed by atoms with van der Waals surface area (Å²) in [6, 6.07) is 2.58. The molecule has 0 aliphatic rings. The van der Waals surface area contributed by atoms with E-state index < -0.39 is 11.8 Å². The first kappa shape index (κ1) is 12.0. The van der Waals surface area contributed by atoms with Crippen molar-refractivity contribution < 1.29 is 18.7 Å². The molecule has 15 heavy (non-hydrogen) atoms. The molecule has 1 aromatic carbocycles. The molecule has 0 aliphatic carbocycles. The van der Waals surface area contributed by atoms with Crippen LogP contribution in [0, 0.1) is 5.82 Å². The molecule has 0 fully saturated rings. The highest BCUT2D eigenvalue weighted by Gasteiger charge is 2.14. The van der Waals surface area contributed by atoms with Crippen molar-refractivity contribution >= 4 is 21.9 Å². The van der Waals surface area contributed by atoms with Gasteiger partial charge in [0.15, 0.2) is 0 Å². The highest BCUT2D eigenvalue weighted by molar-refractivity contribution is 9.08. The minimum atomic E-state index is -0.590. The monoisotopic (exact) mass is 276 g/mol. The Morgan fingerprint density at radius 1 is 1.47 bits per heavy atom. The van der Waals surface area contributed by atoms with Crippen LogP contribution in [0.5, 0.6) is 5.75 Å². The van der Waals surface area contributed by atoms with E-state index >= 15 is 0 Å². The Kier molecular flexibility index (Phi) is 4.08. The standard InChI is InChI=1S/C10H10BrFO3/c1-14-9-4-6(10(13)15-2)3-8(12)7(9)5-11/h3-4H,5H2,1-2H3. The van der Waals surface area contributed by atoms with Gasteiger partial charge in [-0.3, -0.25) is 0 Å². The Balaban J connectivity index is 3.25. The van der Waals surface area contributed by atoms with Gasteiger partial charge in [0.05, 0.1) is 19.8 Å². The van der Waals surface area contributed by atoms with Gasteiger partial charge in [-0.1, -0.05) is 15.9 Å². The van der Waals surface area contributed by atoms with Crippen LogP contribution in [0.25, 0.3) is 0 Å². The number of carbonyl (C=O) groups excluding carboxylic acids is 1. The normalized spacial score (nSPS) is 9.87. The molecule has 3 nitrogen and oxygen atoms in total. The second kappa shape index (κ2) is 5.11. The minimum Gasteiger partial charge on any atom is -0.496 e. The largest absolute Gasteiger partial charge is 0.496 e. The third kappa shape index (κ3) is 2.47. The summed E-state index contributed by atoms with van der Waals surface area (Å²) in [4.78, 5) is 11.2. The molecule has 1 aromatic rings. The molecular weight excluding hydrogens is 267 g/mol. The quantitative estimate of drug-likeness (QED) is 0.629. The van der Waals surface area contributed by atoms with Crippen molar-refractivity contribution in [1.29, 1.82) is 0 Å². The predicted octanol–water partition coefficient (Wildman–Crippen LogP) is 2.52. The Morgan fingerprint density at radius 2 is 2.13 bits per heavy atom. The Morgan fingerprint density at radius 3 is 2.60 bits per heavy atom. The zero-order chi connectivity index (χ0) is 11.4. The lowest BCUT2D eigenvalue weighted by molar-refractivity contribution is 0.0599. The fourth-order valence-corrected chi connectivity index (χ4v) is 1.70. The van der Waals surface area contributed by atoms with E-state index in [-0.39, 0.29) is 5.56 Å². The fraction of sp³-hybridized carbons (Fsp3) is 0.300. The molecule has 82 valence electrons. The van der Waals surface area contributed by atoms with Crippen LogP contribution in [-0.2, 0) is 10.1 Å². The minimum absolute atomic E-state index is 0.136. The summed E-state index contributed by atoms with van der Waals surface area (Å²) in [7, 11) is 2.66. The molecule has 0 atom stereocenters. The molecule has 0 aliphatic heterocycles. The lowest BCUT2D eigenvalue weighted by Crippen LogP contribution is -2.04. The predicted molar refractivity (Wildman–Crippen MR) is 56.9 cm³/mol. The molecule has 1 rings (SSSR count). The van der Waals surface area contributed by atoms with E-state index in [9.17, 15) is 9.18 Å². The van der Waals surface area contributed by atoms with E-state index in [0.29, 0.717) is 16.6 Å². The molecule has 0 unspecified atom stereocenters. The molecular formula is C10H10BrFO3. The average Bonchev–Trinajstić information content (AvgIpc) is 2.26. The van der Waals surface area contributed by atoms with Gasteiger partial charge >= 0.3 is 5.97 Å². The number of halogens is 2. The molecule has 0 spiro atoms. The van der Waals surface area contributed by atoms with Crippen LogP contribution in [0.1, 0.15) is 15.9 Å². The summed E-state index contributed by atoms with van der Waals surface area (Å²) in [5, 5.41) is 0.323. The van der Waals surface area contributed by atoms with Gasteiger partial charge in [0.2, 0.25) is 0 Å². The van der Waals surface area contributed by atoms with Crippen LogP contribution in [0.3, 0.4) is 0 Å². The number of carbonyl (C=O) groups is 1. The van der Waals surface area contributed by atoms with E-state index in [1.165, 1.54) is 20.3 Å². The van der Waals surface area contributed by atoms with Gasteiger partial charge in [0.25, 0.3) is 0 Å². The molecule has 0 heterocycles. The number of hydrogen-bond donors (Lipinski definition) is 0. The average molecular weight is 277 g/mol. The van der Waals surface area contributed by atoms with E-state index in [1.54, 1.807) is 0 Å². The van der Waals surface area contributed by atoms with Crippen LogP contribution < -0.4 is 4.74 Å². The number of hydrogen-bond acceptors (Lipinski definition) is 3. The number of rotatable bonds is 3. The number of esters is 1. The number of alkyl halides is 1. The maximum atomic E-state index is 13.5. The van der Waals surface area contributed by atoms with Crippen LogP contribution in [0.2, 0.25) is 0 Å². The molecule has 0 bridgehead atoms. The van der Waals surface area contributed by atoms with Gasteiger partial charge in [-0.25, -0.2) is 9.18 Å². The highest BCUT2D eigenvalue weighted by Crippen LogP contribution is 2.26. The Bertz CT molecular complexity index is 379. The topological polar surface area (TPSA) is 35.5 Å². The van der Waals surface area contributed by atoms with Crippen molar-refractivity contribution in [1.82, 2.24) is 0 Å². The summed E-state index contributed by atoms with van der Waals surface area (Å²) >= 11 is 3.14. The summed E-state index contributed by atoms with van der Waals surface area (Å²) in [6.45, 7) is 0. The molecule has 5 heteroatoms. The van der Waals surface area contributed by atoms with Crippen LogP contribution in [-0.4, -0.2) is 20.2 Å². The van der Waals surface area contributed by atoms with Crippen LogP contribution >= 0.6 is 15.9 Å². The summed E-state index contributed by atoms with van der Waals surface area (Å²) in [5.74, 6) is -0.757. The second-order valence-electron chi connectivity index (χ2n) is 2.76. The van der Waals surface area contributed by atoms with Crippen LogP contribution in [0.15, 0.2) is 12.1 Å². The zero-order valence-corrected chi connectivity index (χ0v) is 9.93. The summed E-state index contributed by atoms with van der Waals surface area (Å²) in [6.07, 6.45) is 0. The first-order chi connectivity index (χ1) is 7.13. The molecule has 0 amide bonds. The Labute approximate surface area is 95.3 Å². The van der Waals surface area contributed by atoms with Crippen molar-refractivity contribution in [2.24, 2.45) is 0 Å².